The molecule has 1 aromatic carbocycles. The highest BCUT2D eigenvalue weighted by Gasteiger charge is 2.13. The van der Waals surface area contributed by atoms with Crippen molar-refractivity contribution in [3.63, 3.8) is 0 Å². The number of aromatic hydroxyl groups is 1. The molecule has 0 unspecified atom stereocenters. The predicted octanol–water partition coefficient (Wildman–Crippen LogP) is 3.44. The molecule has 0 atom stereocenters. The zero-order valence-corrected chi connectivity index (χ0v) is 13.9. The van der Waals surface area contributed by atoms with Crippen LogP contribution in [0.25, 0.3) is 44.9 Å². The maximum absolute atomic E-state index is 9.40. The summed E-state index contributed by atoms with van der Waals surface area (Å²) in [5.41, 5.74) is 4.89. The highest BCUT2D eigenvalue weighted by atomic mass is 16.3. The number of nitrogens with one attached hydrogen (secondary N) is 1. The Labute approximate surface area is 152 Å². The minimum Gasteiger partial charge on any atom is -0.493 e. The second-order valence-electron chi connectivity index (χ2n) is 5.90. The number of fused-ring (bicyclic) bond motifs is 1. The first kappa shape index (κ1) is 15.2. The number of hydrogen-bond donors (Lipinski definition) is 2. The number of aromatic amines is 1. The summed E-state index contributed by atoms with van der Waals surface area (Å²) in [7, 11) is 0. The topological polar surface area (TPSA) is 114 Å². The predicted molar refractivity (Wildman–Crippen MR) is 97.5 cm³/mol. The van der Waals surface area contributed by atoms with E-state index in [0.717, 1.165) is 27.8 Å². The summed E-state index contributed by atoms with van der Waals surface area (Å²) in [5.74, 6) is 1.22. The summed E-state index contributed by atoms with van der Waals surface area (Å²) in [4.78, 5) is 8.33. The van der Waals surface area contributed by atoms with Gasteiger partial charge in [-0.1, -0.05) is 24.3 Å². The van der Waals surface area contributed by atoms with Gasteiger partial charge in [0.15, 0.2) is 5.58 Å². The highest BCUT2D eigenvalue weighted by Crippen LogP contribution is 2.34. The van der Waals surface area contributed by atoms with Gasteiger partial charge in [0, 0.05) is 46.8 Å². The van der Waals surface area contributed by atoms with Gasteiger partial charge in [0.1, 0.15) is 11.3 Å². The average Bonchev–Trinajstić information content (AvgIpc) is 3.38. The van der Waals surface area contributed by atoms with E-state index in [0.29, 0.717) is 17.2 Å². The number of H-pyrrole nitrogens is 1. The van der Waals surface area contributed by atoms with Gasteiger partial charge < -0.3 is 9.52 Å². The number of pyridine rings is 2. The Hall–Kier alpha value is -4.07. The summed E-state index contributed by atoms with van der Waals surface area (Å²) in [6, 6.07) is 14.8. The lowest BCUT2D eigenvalue weighted by molar-refractivity contribution is 0.453. The Morgan fingerprint density at radius 1 is 0.889 bits per heavy atom. The van der Waals surface area contributed by atoms with Crippen LogP contribution in [-0.4, -0.2) is 35.7 Å². The van der Waals surface area contributed by atoms with E-state index >= 15 is 0 Å². The van der Waals surface area contributed by atoms with Crippen LogP contribution < -0.4 is 0 Å². The molecule has 0 fully saturated rings. The maximum Gasteiger partial charge on any atom is 0.210 e. The van der Waals surface area contributed by atoms with Gasteiger partial charge >= 0.3 is 0 Å². The minimum absolute atomic E-state index is 0.0223. The van der Waals surface area contributed by atoms with Crippen LogP contribution in [0.1, 0.15) is 0 Å². The molecule has 2 N–H and O–H groups in total. The molecule has 0 aliphatic rings. The van der Waals surface area contributed by atoms with Crippen molar-refractivity contribution in [2.75, 3.05) is 0 Å². The standard InChI is InChI=1S/C19H12N6O2/c26-17-6-5-13(10-21-17)14-7-8-20-15-9-16(27-18(14)15)11-1-3-12(4-2-11)19-22-24-25-23-19/h1-10H,(H,21,26)(H,22,23,24,25). The summed E-state index contributed by atoms with van der Waals surface area (Å²) in [6.45, 7) is 0. The van der Waals surface area contributed by atoms with Gasteiger partial charge in [-0.3, -0.25) is 4.98 Å². The molecule has 5 rings (SSSR count). The van der Waals surface area contributed by atoms with Crippen LogP contribution in [0.4, 0.5) is 0 Å². The molecule has 0 spiro atoms. The normalized spacial score (nSPS) is 11.1. The SMILES string of the molecule is Oc1ccc(-c2ccnc3cc(-c4ccc(-c5nn[nH]n5)cc4)oc23)cn1. The van der Waals surface area contributed by atoms with Gasteiger partial charge in [0.2, 0.25) is 11.7 Å². The van der Waals surface area contributed by atoms with Gasteiger partial charge in [-0.15, -0.1) is 10.2 Å². The Kier molecular flexibility index (Phi) is 3.39. The second kappa shape index (κ2) is 6.03. The van der Waals surface area contributed by atoms with Gasteiger partial charge in [0.25, 0.3) is 0 Å². The van der Waals surface area contributed by atoms with E-state index in [9.17, 15) is 5.11 Å². The van der Waals surface area contributed by atoms with Crippen molar-refractivity contribution < 1.29 is 9.52 Å². The Balaban J connectivity index is 1.57. The summed E-state index contributed by atoms with van der Waals surface area (Å²) < 4.78 is 6.10. The van der Waals surface area contributed by atoms with Crippen molar-refractivity contribution in [2.24, 2.45) is 0 Å². The number of aromatic nitrogens is 6. The van der Waals surface area contributed by atoms with Crippen molar-refractivity contribution in [1.29, 1.82) is 0 Å². The molecule has 0 saturated carbocycles. The van der Waals surface area contributed by atoms with Crippen LogP contribution in [0.3, 0.4) is 0 Å². The van der Waals surface area contributed by atoms with E-state index in [1.165, 1.54) is 0 Å². The molecule has 0 bridgehead atoms. The van der Waals surface area contributed by atoms with Gasteiger partial charge in [0.05, 0.1) is 0 Å². The third-order valence-corrected chi connectivity index (χ3v) is 4.24. The molecule has 4 aromatic heterocycles. The third kappa shape index (κ3) is 2.69. The first-order valence-electron chi connectivity index (χ1n) is 8.16. The first-order valence-corrected chi connectivity index (χ1v) is 8.16. The van der Waals surface area contributed by atoms with Crippen LogP contribution in [0.5, 0.6) is 5.88 Å². The second-order valence-corrected chi connectivity index (χ2v) is 5.90. The van der Waals surface area contributed by atoms with Gasteiger partial charge in [-0.2, -0.15) is 5.21 Å². The molecular weight excluding hydrogens is 344 g/mol. The van der Waals surface area contributed by atoms with E-state index in [4.69, 9.17) is 4.42 Å². The fourth-order valence-electron chi connectivity index (χ4n) is 2.92. The molecule has 0 radical (unpaired) electrons. The van der Waals surface area contributed by atoms with Gasteiger partial charge in [-0.05, 0) is 17.3 Å². The summed E-state index contributed by atoms with van der Waals surface area (Å²) in [5, 5.41) is 23.3. The molecule has 0 amide bonds. The number of nitrogens with zero attached hydrogens (tertiary/aromatic N) is 5. The molecule has 27 heavy (non-hydrogen) atoms. The van der Waals surface area contributed by atoms with Crippen LogP contribution in [0, 0.1) is 0 Å². The van der Waals surface area contributed by atoms with Crippen LogP contribution in [0.2, 0.25) is 0 Å². The summed E-state index contributed by atoms with van der Waals surface area (Å²) in [6.07, 6.45) is 3.33. The lowest BCUT2D eigenvalue weighted by Crippen LogP contribution is -1.82. The van der Waals surface area contributed by atoms with Gasteiger partial charge in [-0.25, -0.2) is 4.98 Å². The molecular formula is C19H12N6O2. The fraction of sp³-hybridized carbons (Fsp3) is 0. The van der Waals surface area contributed by atoms with E-state index < -0.39 is 0 Å². The number of hydrogen-bond acceptors (Lipinski definition) is 7. The van der Waals surface area contributed by atoms with E-state index in [2.05, 4.69) is 30.6 Å². The van der Waals surface area contributed by atoms with Crippen molar-refractivity contribution in [3.8, 4) is 39.7 Å². The zero-order valence-electron chi connectivity index (χ0n) is 13.9. The molecule has 0 aliphatic heterocycles. The molecule has 8 nitrogen and oxygen atoms in total. The number of benzene rings is 1. The van der Waals surface area contributed by atoms with E-state index in [1.54, 1.807) is 24.5 Å². The van der Waals surface area contributed by atoms with Crippen LogP contribution in [-0.2, 0) is 0 Å². The molecule has 130 valence electrons. The third-order valence-electron chi connectivity index (χ3n) is 4.24. The number of tetrazole rings is 1. The molecule has 4 heterocycles. The number of rotatable bonds is 3. The molecule has 8 heteroatoms. The van der Waals surface area contributed by atoms with E-state index in [1.807, 2.05) is 36.4 Å². The minimum atomic E-state index is -0.0223. The average molecular weight is 356 g/mol. The maximum atomic E-state index is 9.40. The van der Waals surface area contributed by atoms with Crippen molar-refractivity contribution in [1.82, 2.24) is 30.6 Å². The Bertz CT molecular complexity index is 1210. The fourth-order valence-corrected chi connectivity index (χ4v) is 2.92. The first-order chi connectivity index (χ1) is 13.3. The summed E-state index contributed by atoms with van der Waals surface area (Å²) >= 11 is 0. The lowest BCUT2D eigenvalue weighted by atomic mass is 10.1. The zero-order chi connectivity index (χ0) is 18.2. The van der Waals surface area contributed by atoms with Crippen LogP contribution >= 0.6 is 0 Å². The Morgan fingerprint density at radius 2 is 1.70 bits per heavy atom. The lowest BCUT2D eigenvalue weighted by Gasteiger charge is -2.02. The van der Waals surface area contributed by atoms with Crippen molar-refractivity contribution in [2.45, 2.75) is 0 Å². The molecule has 5 aromatic rings. The monoisotopic (exact) mass is 356 g/mol. The smallest absolute Gasteiger partial charge is 0.210 e. The Morgan fingerprint density at radius 3 is 2.44 bits per heavy atom. The van der Waals surface area contributed by atoms with Crippen molar-refractivity contribution in [3.05, 3.63) is 60.9 Å². The quantitative estimate of drug-likeness (QED) is 0.509. The van der Waals surface area contributed by atoms with E-state index in [-0.39, 0.29) is 5.88 Å². The largest absolute Gasteiger partial charge is 0.493 e. The van der Waals surface area contributed by atoms with Crippen LogP contribution in [0.15, 0.2) is 65.3 Å². The number of furan rings is 1. The highest BCUT2D eigenvalue weighted by molar-refractivity contribution is 5.92. The molecule has 0 saturated heterocycles. The van der Waals surface area contributed by atoms with Crippen molar-refractivity contribution >= 4 is 11.1 Å². The molecule has 0 aliphatic carbocycles.